The third-order valence-electron chi connectivity index (χ3n) is 3.37. The largest absolute Gasteiger partial charge is 0.486 e. The monoisotopic (exact) mass is 296 g/mol. The second-order valence-corrected chi connectivity index (χ2v) is 4.82. The molecular weight excluding hydrogens is 280 g/mol. The van der Waals surface area contributed by atoms with Gasteiger partial charge in [0.15, 0.2) is 11.5 Å². The van der Waals surface area contributed by atoms with Crippen molar-refractivity contribution in [2.75, 3.05) is 20.3 Å². The van der Waals surface area contributed by atoms with Crippen molar-refractivity contribution in [2.24, 2.45) is 0 Å². The summed E-state index contributed by atoms with van der Waals surface area (Å²) in [5.41, 5.74) is 2.24. The fourth-order valence-electron chi connectivity index (χ4n) is 2.28. The Labute approximate surface area is 128 Å². The van der Waals surface area contributed by atoms with Crippen LogP contribution in [-0.4, -0.2) is 26.3 Å². The van der Waals surface area contributed by atoms with E-state index in [0.29, 0.717) is 30.3 Å². The quantitative estimate of drug-likeness (QED) is 0.643. The van der Waals surface area contributed by atoms with Gasteiger partial charge < -0.3 is 14.2 Å². The van der Waals surface area contributed by atoms with Gasteiger partial charge in [0, 0.05) is 0 Å². The van der Waals surface area contributed by atoms with E-state index < -0.39 is 5.97 Å². The first kappa shape index (κ1) is 14.2. The highest BCUT2D eigenvalue weighted by Gasteiger charge is 2.19. The van der Waals surface area contributed by atoms with E-state index in [-0.39, 0.29) is 0 Å². The van der Waals surface area contributed by atoms with Gasteiger partial charge in [-0.15, -0.1) is 0 Å². The van der Waals surface area contributed by atoms with Crippen LogP contribution >= 0.6 is 0 Å². The van der Waals surface area contributed by atoms with Gasteiger partial charge in [-0.25, -0.2) is 4.79 Å². The van der Waals surface area contributed by atoms with Crippen molar-refractivity contribution in [3.63, 3.8) is 0 Å². The minimum atomic E-state index is -0.398. The summed E-state index contributed by atoms with van der Waals surface area (Å²) in [4.78, 5) is 12.0. The lowest BCUT2D eigenvalue weighted by Gasteiger charge is -2.19. The highest BCUT2D eigenvalue weighted by Crippen LogP contribution is 2.34. The van der Waals surface area contributed by atoms with Gasteiger partial charge in [-0.1, -0.05) is 42.5 Å². The molecule has 0 atom stereocenters. The van der Waals surface area contributed by atoms with Crippen molar-refractivity contribution in [2.45, 2.75) is 0 Å². The van der Waals surface area contributed by atoms with Crippen molar-refractivity contribution in [3.05, 3.63) is 59.2 Å². The molecule has 1 heterocycles. The Morgan fingerprint density at radius 3 is 2.41 bits per heavy atom. The van der Waals surface area contributed by atoms with Crippen LogP contribution in [0.1, 0.15) is 21.5 Å². The summed E-state index contributed by atoms with van der Waals surface area (Å²) in [5.74, 6) is 0.819. The lowest BCUT2D eigenvalue weighted by Crippen LogP contribution is -2.16. The molecule has 22 heavy (non-hydrogen) atoms. The predicted octanol–water partition coefficient (Wildman–Crippen LogP) is 3.41. The molecule has 0 aromatic heterocycles. The molecule has 2 aromatic rings. The fraction of sp³-hybridized carbons (Fsp3) is 0.167. The Kier molecular flexibility index (Phi) is 4.10. The summed E-state index contributed by atoms with van der Waals surface area (Å²) in [6.07, 6.45) is 3.82. The maximum absolute atomic E-state index is 12.0. The number of rotatable bonds is 3. The van der Waals surface area contributed by atoms with Crippen molar-refractivity contribution in [1.82, 2.24) is 0 Å². The van der Waals surface area contributed by atoms with Crippen LogP contribution in [0.3, 0.4) is 0 Å². The number of fused-ring (bicyclic) bond motifs is 1. The van der Waals surface area contributed by atoms with Crippen molar-refractivity contribution < 1.29 is 19.0 Å². The van der Waals surface area contributed by atoms with Gasteiger partial charge in [-0.2, -0.15) is 0 Å². The molecule has 1 aliphatic heterocycles. The van der Waals surface area contributed by atoms with Gasteiger partial charge in [0.25, 0.3) is 0 Å². The van der Waals surface area contributed by atoms with Gasteiger partial charge in [-0.05, 0) is 23.3 Å². The van der Waals surface area contributed by atoms with Crippen molar-refractivity contribution >= 4 is 18.1 Å². The number of ether oxygens (including phenoxy) is 3. The maximum Gasteiger partial charge on any atom is 0.338 e. The molecule has 0 unspecified atom stereocenters. The van der Waals surface area contributed by atoms with Gasteiger partial charge in [0.05, 0.1) is 12.7 Å². The van der Waals surface area contributed by atoms with E-state index >= 15 is 0 Å². The first-order valence-electron chi connectivity index (χ1n) is 7.03. The number of benzene rings is 2. The summed E-state index contributed by atoms with van der Waals surface area (Å²) in [6.45, 7) is 0.985. The first-order chi connectivity index (χ1) is 10.8. The summed E-state index contributed by atoms with van der Waals surface area (Å²) in [5, 5.41) is 0. The van der Waals surface area contributed by atoms with E-state index in [9.17, 15) is 4.79 Å². The zero-order valence-electron chi connectivity index (χ0n) is 12.2. The van der Waals surface area contributed by atoms with E-state index in [1.807, 2.05) is 42.5 Å². The smallest absolute Gasteiger partial charge is 0.338 e. The van der Waals surface area contributed by atoms with Crippen LogP contribution in [0.15, 0.2) is 42.5 Å². The molecule has 0 saturated heterocycles. The third-order valence-corrected chi connectivity index (χ3v) is 3.37. The molecule has 1 aliphatic rings. The Balaban J connectivity index is 2.01. The molecule has 3 rings (SSSR count). The Hall–Kier alpha value is -2.75. The van der Waals surface area contributed by atoms with Gasteiger partial charge in [-0.3, -0.25) is 0 Å². The number of hydrogen-bond acceptors (Lipinski definition) is 4. The van der Waals surface area contributed by atoms with Crippen LogP contribution in [0, 0.1) is 0 Å². The van der Waals surface area contributed by atoms with Gasteiger partial charge in [0.1, 0.15) is 13.2 Å². The van der Waals surface area contributed by atoms with Crippen LogP contribution in [-0.2, 0) is 4.74 Å². The average molecular weight is 296 g/mol. The van der Waals surface area contributed by atoms with Gasteiger partial charge in [0.2, 0.25) is 0 Å². The summed E-state index contributed by atoms with van der Waals surface area (Å²) in [6, 6.07) is 13.3. The Bertz CT molecular complexity index is 705. The lowest BCUT2D eigenvalue weighted by atomic mass is 10.0. The lowest BCUT2D eigenvalue weighted by molar-refractivity contribution is 0.0599. The minimum Gasteiger partial charge on any atom is -0.486 e. The minimum absolute atomic E-state index is 0.398. The van der Waals surface area contributed by atoms with Crippen LogP contribution in [0.25, 0.3) is 12.2 Å². The molecule has 0 radical (unpaired) electrons. The number of carbonyl (C=O) groups excluding carboxylic acids is 1. The van der Waals surface area contributed by atoms with Gasteiger partial charge >= 0.3 is 5.97 Å². The zero-order valence-corrected chi connectivity index (χ0v) is 12.2. The van der Waals surface area contributed by atoms with E-state index in [0.717, 1.165) is 11.1 Å². The number of hydrogen-bond donors (Lipinski definition) is 0. The molecule has 112 valence electrons. The second-order valence-electron chi connectivity index (χ2n) is 4.82. The predicted molar refractivity (Wildman–Crippen MR) is 84.1 cm³/mol. The Morgan fingerprint density at radius 2 is 1.73 bits per heavy atom. The molecule has 0 bridgehead atoms. The van der Waals surface area contributed by atoms with Crippen molar-refractivity contribution in [3.8, 4) is 11.5 Å². The van der Waals surface area contributed by atoms with Crippen LogP contribution < -0.4 is 9.47 Å². The number of carbonyl (C=O) groups is 1. The number of methoxy groups -OCH3 is 1. The zero-order chi connectivity index (χ0) is 15.4. The molecule has 4 nitrogen and oxygen atoms in total. The molecule has 0 N–H and O–H groups in total. The van der Waals surface area contributed by atoms with E-state index in [2.05, 4.69) is 0 Å². The molecule has 0 aliphatic carbocycles. The van der Waals surface area contributed by atoms with Crippen LogP contribution in [0.5, 0.6) is 11.5 Å². The second kappa shape index (κ2) is 6.35. The van der Waals surface area contributed by atoms with E-state index in [1.165, 1.54) is 7.11 Å². The summed E-state index contributed by atoms with van der Waals surface area (Å²) < 4.78 is 15.9. The normalized spacial score (nSPS) is 13.1. The van der Waals surface area contributed by atoms with Crippen LogP contribution in [0.2, 0.25) is 0 Å². The van der Waals surface area contributed by atoms with Crippen molar-refractivity contribution in [1.29, 1.82) is 0 Å². The molecule has 0 amide bonds. The highest BCUT2D eigenvalue weighted by molar-refractivity contribution is 5.95. The Morgan fingerprint density at radius 1 is 1.05 bits per heavy atom. The first-order valence-corrected chi connectivity index (χ1v) is 7.03. The molecule has 4 heteroatoms. The topological polar surface area (TPSA) is 44.8 Å². The molecule has 0 spiro atoms. The molecule has 2 aromatic carbocycles. The average Bonchev–Trinajstić information content (AvgIpc) is 2.59. The highest BCUT2D eigenvalue weighted by atomic mass is 16.6. The van der Waals surface area contributed by atoms with E-state index in [1.54, 1.807) is 12.1 Å². The number of esters is 1. The molecular formula is C18H16O4. The molecule has 0 fully saturated rings. The summed E-state index contributed by atoms with van der Waals surface area (Å²) in [7, 11) is 1.36. The summed E-state index contributed by atoms with van der Waals surface area (Å²) >= 11 is 0. The van der Waals surface area contributed by atoms with Crippen LogP contribution in [0.4, 0.5) is 0 Å². The third kappa shape index (κ3) is 2.96. The van der Waals surface area contributed by atoms with E-state index in [4.69, 9.17) is 14.2 Å². The standard InChI is InChI=1S/C18H16O4/c1-20-18(19)15-12-17-16(21-9-10-22-17)11-14(15)8-7-13-5-3-2-4-6-13/h2-8,11-12H,9-10H2,1H3/b8-7+. The maximum atomic E-state index is 12.0. The fourth-order valence-corrected chi connectivity index (χ4v) is 2.28. The SMILES string of the molecule is COC(=O)c1cc2c(cc1/C=C/c1ccccc1)OCCO2. The molecule has 0 saturated carbocycles.